The monoisotopic (exact) mass is 413 g/mol. The van der Waals surface area contributed by atoms with E-state index in [1.54, 1.807) is 6.07 Å². The van der Waals surface area contributed by atoms with E-state index in [2.05, 4.69) is 41.9 Å². The van der Waals surface area contributed by atoms with E-state index in [4.69, 9.17) is 10.2 Å². The largest absolute Gasteiger partial charge is 0.456 e. The zero-order valence-corrected chi connectivity index (χ0v) is 18.2. The minimum Gasteiger partial charge on any atom is -0.456 e. The van der Waals surface area contributed by atoms with Crippen LogP contribution in [0.4, 0.5) is 5.69 Å². The average molecular weight is 414 g/mol. The Morgan fingerprint density at radius 2 is 1.74 bits per heavy atom. The Labute approximate surface area is 182 Å². The smallest absolute Gasteiger partial charge is 0.249 e. The normalized spacial score (nSPS) is 11.9. The SMILES string of the molecule is CC/N=c1\ccc2c(-c3ccccc3C(N)=O)c3ccc(N(CC)CC)cc3oc-2c1. The van der Waals surface area contributed by atoms with Gasteiger partial charge in [0, 0.05) is 59.5 Å². The molecule has 0 unspecified atom stereocenters. The Hall–Kier alpha value is -3.60. The quantitative estimate of drug-likeness (QED) is 0.449. The van der Waals surface area contributed by atoms with E-state index in [1.807, 2.05) is 43.3 Å². The second kappa shape index (κ2) is 8.64. The molecule has 0 atom stereocenters. The number of rotatable bonds is 6. The number of primary amides is 1. The first-order valence-electron chi connectivity index (χ1n) is 10.7. The molecule has 31 heavy (non-hydrogen) atoms. The van der Waals surface area contributed by atoms with Crippen LogP contribution in [0.5, 0.6) is 0 Å². The van der Waals surface area contributed by atoms with Crippen molar-refractivity contribution >= 4 is 22.6 Å². The Morgan fingerprint density at radius 3 is 2.45 bits per heavy atom. The molecule has 4 rings (SSSR count). The van der Waals surface area contributed by atoms with Crippen LogP contribution in [0.15, 0.2) is 70.1 Å². The summed E-state index contributed by atoms with van der Waals surface area (Å²) in [7, 11) is 0. The van der Waals surface area contributed by atoms with Gasteiger partial charge in [0.25, 0.3) is 0 Å². The van der Waals surface area contributed by atoms with Gasteiger partial charge in [-0.15, -0.1) is 0 Å². The number of carbonyl (C=O) groups excluding carboxylic acids is 1. The van der Waals surface area contributed by atoms with Crippen LogP contribution in [0.3, 0.4) is 0 Å². The number of nitrogens with zero attached hydrogens (tertiary/aromatic N) is 2. The minimum atomic E-state index is -0.449. The molecular formula is C26H27N3O2. The molecule has 0 radical (unpaired) electrons. The summed E-state index contributed by atoms with van der Waals surface area (Å²) in [6, 6.07) is 19.7. The number of fused-ring (bicyclic) bond motifs is 2. The first-order valence-corrected chi connectivity index (χ1v) is 10.7. The summed E-state index contributed by atoms with van der Waals surface area (Å²) >= 11 is 0. The molecule has 1 heterocycles. The van der Waals surface area contributed by atoms with Crippen molar-refractivity contribution in [3.05, 3.63) is 71.6 Å². The van der Waals surface area contributed by atoms with Crippen LogP contribution in [-0.4, -0.2) is 25.5 Å². The van der Waals surface area contributed by atoms with Crippen molar-refractivity contribution in [2.24, 2.45) is 10.7 Å². The fourth-order valence-electron chi connectivity index (χ4n) is 4.14. The minimum absolute atomic E-state index is 0.449. The fraction of sp³-hybridized carbons (Fsp3) is 0.231. The predicted octanol–water partition coefficient (Wildman–Crippen LogP) is 5.07. The molecule has 1 aliphatic carbocycles. The van der Waals surface area contributed by atoms with Crippen molar-refractivity contribution < 1.29 is 9.21 Å². The van der Waals surface area contributed by atoms with Gasteiger partial charge in [-0.3, -0.25) is 9.79 Å². The molecule has 0 saturated carbocycles. The van der Waals surface area contributed by atoms with Crippen molar-refractivity contribution in [2.45, 2.75) is 20.8 Å². The van der Waals surface area contributed by atoms with Gasteiger partial charge in [-0.25, -0.2) is 0 Å². The molecule has 2 aromatic rings. The van der Waals surface area contributed by atoms with E-state index in [9.17, 15) is 4.79 Å². The molecule has 2 aromatic carbocycles. The second-order valence-electron chi connectivity index (χ2n) is 7.39. The van der Waals surface area contributed by atoms with Crippen LogP contribution in [0.25, 0.3) is 33.4 Å². The van der Waals surface area contributed by atoms with Gasteiger partial charge in [0.05, 0.1) is 5.36 Å². The van der Waals surface area contributed by atoms with Crippen molar-refractivity contribution in [1.29, 1.82) is 0 Å². The molecule has 0 bridgehead atoms. The summed E-state index contributed by atoms with van der Waals surface area (Å²) in [6.45, 7) is 8.80. The zero-order valence-electron chi connectivity index (χ0n) is 18.2. The van der Waals surface area contributed by atoms with E-state index < -0.39 is 5.91 Å². The molecule has 5 nitrogen and oxygen atoms in total. The number of anilines is 1. The van der Waals surface area contributed by atoms with E-state index in [1.165, 1.54) is 0 Å². The van der Waals surface area contributed by atoms with Crippen LogP contribution in [0.1, 0.15) is 31.1 Å². The molecule has 2 aliphatic rings. The molecule has 5 heteroatoms. The topological polar surface area (TPSA) is 71.8 Å². The molecule has 1 amide bonds. The lowest BCUT2D eigenvalue weighted by Crippen LogP contribution is -2.21. The first kappa shape index (κ1) is 20.7. The van der Waals surface area contributed by atoms with Gasteiger partial charge in [-0.2, -0.15) is 0 Å². The van der Waals surface area contributed by atoms with E-state index in [0.29, 0.717) is 12.1 Å². The molecule has 1 aliphatic heterocycles. The van der Waals surface area contributed by atoms with Crippen molar-refractivity contribution in [2.75, 3.05) is 24.5 Å². The highest BCUT2D eigenvalue weighted by molar-refractivity contribution is 6.09. The number of benzene rings is 3. The van der Waals surface area contributed by atoms with Gasteiger partial charge in [0.15, 0.2) is 0 Å². The summed E-state index contributed by atoms with van der Waals surface area (Å²) in [5, 5.41) is 1.81. The van der Waals surface area contributed by atoms with Gasteiger partial charge in [-0.05, 0) is 56.7 Å². The maximum atomic E-state index is 12.2. The lowest BCUT2D eigenvalue weighted by atomic mass is 9.90. The van der Waals surface area contributed by atoms with Crippen LogP contribution in [-0.2, 0) is 0 Å². The summed E-state index contributed by atoms with van der Waals surface area (Å²) in [6.07, 6.45) is 0. The third kappa shape index (κ3) is 3.79. The number of hydrogen-bond acceptors (Lipinski definition) is 4. The van der Waals surface area contributed by atoms with Crippen LogP contribution in [0.2, 0.25) is 0 Å². The van der Waals surface area contributed by atoms with Gasteiger partial charge in [0.2, 0.25) is 5.91 Å². The Morgan fingerprint density at radius 1 is 0.968 bits per heavy atom. The lowest BCUT2D eigenvalue weighted by Gasteiger charge is -2.22. The maximum absolute atomic E-state index is 12.2. The Balaban J connectivity index is 2.11. The molecular weight excluding hydrogens is 386 g/mol. The van der Waals surface area contributed by atoms with Crippen LogP contribution in [0, 0.1) is 0 Å². The van der Waals surface area contributed by atoms with E-state index in [-0.39, 0.29) is 0 Å². The molecule has 0 aromatic heterocycles. The van der Waals surface area contributed by atoms with Crippen molar-refractivity contribution in [3.63, 3.8) is 0 Å². The fourth-order valence-corrected chi connectivity index (χ4v) is 4.14. The molecule has 0 fully saturated rings. The highest BCUT2D eigenvalue weighted by Gasteiger charge is 2.21. The Kier molecular flexibility index (Phi) is 5.76. The number of hydrogen-bond donors (Lipinski definition) is 1. The van der Waals surface area contributed by atoms with Crippen molar-refractivity contribution in [1.82, 2.24) is 0 Å². The lowest BCUT2D eigenvalue weighted by molar-refractivity contribution is 0.100. The standard InChI is InChI=1S/C26H27N3O2/c1-4-28-17-11-13-21-23(15-17)31-24-16-18(29(5-2)6-3)12-14-22(24)25(21)19-9-7-8-10-20(19)26(27)30/h7-16H,4-6H2,1-3H3,(H2,27,30)/b28-17+. The summed E-state index contributed by atoms with van der Waals surface area (Å²) in [4.78, 5) is 19.0. The van der Waals surface area contributed by atoms with E-state index in [0.717, 1.165) is 57.6 Å². The highest BCUT2D eigenvalue weighted by Crippen LogP contribution is 2.41. The first-order chi connectivity index (χ1) is 15.1. The Bertz CT molecular complexity index is 1290. The van der Waals surface area contributed by atoms with Gasteiger partial charge in [0.1, 0.15) is 11.3 Å². The number of carbonyl (C=O) groups is 1. The number of nitrogens with two attached hydrogens (primary N) is 1. The highest BCUT2D eigenvalue weighted by atomic mass is 16.3. The van der Waals surface area contributed by atoms with Gasteiger partial charge >= 0.3 is 0 Å². The van der Waals surface area contributed by atoms with Crippen LogP contribution < -0.4 is 16.0 Å². The molecule has 2 N–H and O–H groups in total. The predicted molar refractivity (Wildman–Crippen MR) is 126 cm³/mol. The summed E-state index contributed by atoms with van der Waals surface area (Å²) in [5.74, 6) is 0.281. The van der Waals surface area contributed by atoms with E-state index >= 15 is 0 Å². The average Bonchev–Trinajstić information content (AvgIpc) is 2.78. The summed E-state index contributed by atoms with van der Waals surface area (Å²) < 4.78 is 6.37. The zero-order chi connectivity index (χ0) is 22.0. The third-order valence-electron chi connectivity index (χ3n) is 5.62. The second-order valence-corrected chi connectivity index (χ2v) is 7.39. The van der Waals surface area contributed by atoms with Crippen LogP contribution >= 0.6 is 0 Å². The molecule has 0 saturated heterocycles. The molecule has 158 valence electrons. The number of amides is 1. The van der Waals surface area contributed by atoms with Crippen molar-refractivity contribution in [3.8, 4) is 22.5 Å². The third-order valence-corrected chi connectivity index (χ3v) is 5.62. The maximum Gasteiger partial charge on any atom is 0.249 e. The summed E-state index contributed by atoms with van der Waals surface area (Å²) in [5.41, 5.74) is 10.7. The molecule has 0 spiro atoms. The van der Waals surface area contributed by atoms with Gasteiger partial charge in [-0.1, -0.05) is 18.2 Å². The van der Waals surface area contributed by atoms with Gasteiger partial charge < -0.3 is 15.1 Å².